The summed E-state index contributed by atoms with van der Waals surface area (Å²) in [6.45, 7) is 4.38. The lowest BCUT2D eigenvalue weighted by Gasteiger charge is -2.27. The molecule has 0 saturated heterocycles. The summed E-state index contributed by atoms with van der Waals surface area (Å²) >= 11 is 4.93. The van der Waals surface area contributed by atoms with Gasteiger partial charge in [-0.25, -0.2) is 0 Å². The van der Waals surface area contributed by atoms with E-state index in [1.54, 1.807) is 7.11 Å². The number of hydrogen-bond donors (Lipinski definition) is 2. The summed E-state index contributed by atoms with van der Waals surface area (Å²) in [5, 5.41) is 3.20. The molecule has 0 aliphatic carbocycles. The molecule has 0 aromatic heterocycles. The third-order valence-electron chi connectivity index (χ3n) is 3.67. The SMILES string of the molecule is COc1ccc(C(C)(C)c2ccccc2)cc1NC(N)=S. The van der Waals surface area contributed by atoms with Gasteiger partial charge in [-0.15, -0.1) is 0 Å². The van der Waals surface area contributed by atoms with E-state index in [1.807, 2.05) is 18.2 Å². The van der Waals surface area contributed by atoms with Gasteiger partial charge < -0.3 is 15.8 Å². The molecule has 0 spiro atoms. The van der Waals surface area contributed by atoms with Gasteiger partial charge in [0.15, 0.2) is 5.11 Å². The van der Waals surface area contributed by atoms with Crippen LogP contribution in [0.15, 0.2) is 48.5 Å². The van der Waals surface area contributed by atoms with E-state index in [1.165, 1.54) is 5.56 Å². The molecule has 0 fully saturated rings. The lowest BCUT2D eigenvalue weighted by molar-refractivity contribution is 0.416. The Kier molecular flexibility index (Phi) is 4.48. The topological polar surface area (TPSA) is 47.3 Å². The summed E-state index contributed by atoms with van der Waals surface area (Å²) in [5.41, 5.74) is 8.65. The number of ether oxygens (including phenoxy) is 1. The monoisotopic (exact) mass is 300 g/mol. The quantitative estimate of drug-likeness (QED) is 0.846. The van der Waals surface area contributed by atoms with Crippen LogP contribution in [0.25, 0.3) is 0 Å². The molecule has 3 N–H and O–H groups in total. The van der Waals surface area contributed by atoms with Crippen LogP contribution < -0.4 is 15.8 Å². The van der Waals surface area contributed by atoms with E-state index in [0.29, 0.717) is 0 Å². The predicted molar refractivity (Wildman–Crippen MR) is 92.0 cm³/mol. The van der Waals surface area contributed by atoms with Crippen molar-refractivity contribution in [2.45, 2.75) is 19.3 Å². The van der Waals surface area contributed by atoms with Gasteiger partial charge >= 0.3 is 0 Å². The van der Waals surface area contributed by atoms with Crippen LogP contribution in [-0.2, 0) is 5.41 Å². The van der Waals surface area contributed by atoms with Crippen molar-refractivity contribution in [2.75, 3.05) is 12.4 Å². The molecule has 0 aliphatic heterocycles. The highest BCUT2D eigenvalue weighted by Crippen LogP contribution is 2.35. The number of methoxy groups -OCH3 is 1. The van der Waals surface area contributed by atoms with Crippen molar-refractivity contribution in [1.29, 1.82) is 0 Å². The first-order valence-corrected chi connectivity index (χ1v) is 7.16. The summed E-state index contributed by atoms with van der Waals surface area (Å²) in [4.78, 5) is 0. The predicted octanol–water partition coefficient (Wildman–Crippen LogP) is 3.68. The summed E-state index contributed by atoms with van der Waals surface area (Å²) in [6.07, 6.45) is 0. The Hall–Kier alpha value is -2.07. The van der Waals surface area contributed by atoms with Crippen LogP contribution in [0.5, 0.6) is 5.75 Å². The molecular formula is C17H20N2OS. The standard InChI is InChI=1S/C17H20N2OS/c1-17(2,12-7-5-4-6-8-12)13-9-10-15(20-3)14(11-13)19-16(18)21/h4-11H,1-3H3,(H3,18,19,21). The van der Waals surface area contributed by atoms with Crippen LogP contribution >= 0.6 is 12.2 Å². The normalized spacial score (nSPS) is 11.0. The van der Waals surface area contributed by atoms with Gasteiger partial charge in [-0.3, -0.25) is 0 Å². The van der Waals surface area contributed by atoms with Gasteiger partial charge in [-0.05, 0) is 35.5 Å². The molecule has 0 atom stereocenters. The first-order valence-electron chi connectivity index (χ1n) is 6.75. The Morgan fingerprint density at radius 3 is 2.33 bits per heavy atom. The van der Waals surface area contributed by atoms with Crippen LogP contribution in [0.3, 0.4) is 0 Å². The molecule has 21 heavy (non-hydrogen) atoms. The van der Waals surface area contributed by atoms with Gasteiger partial charge in [-0.1, -0.05) is 50.2 Å². The minimum atomic E-state index is -0.125. The third kappa shape index (κ3) is 3.34. The molecule has 2 rings (SSSR count). The van der Waals surface area contributed by atoms with Crippen LogP contribution in [0.1, 0.15) is 25.0 Å². The summed E-state index contributed by atoms with van der Waals surface area (Å²) in [5.74, 6) is 0.718. The molecular weight excluding hydrogens is 280 g/mol. The molecule has 4 heteroatoms. The number of anilines is 1. The number of rotatable bonds is 4. The third-order valence-corrected chi connectivity index (χ3v) is 3.78. The number of benzene rings is 2. The van der Waals surface area contributed by atoms with Gasteiger partial charge in [-0.2, -0.15) is 0 Å². The van der Waals surface area contributed by atoms with Gasteiger partial charge in [0.2, 0.25) is 0 Å². The number of nitrogens with one attached hydrogen (secondary N) is 1. The second kappa shape index (κ2) is 6.14. The summed E-state index contributed by atoms with van der Waals surface area (Å²) in [6, 6.07) is 16.4. The smallest absolute Gasteiger partial charge is 0.168 e. The van der Waals surface area contributed by atoms with Crippen molar-refractivity contribution in [2.24, 2.45) is 5.73 Å². The molecule has 0 bridgehead atoms. The zero-order chi connectivity index (χ0) is 15.5. The Morgan fingerprint density at radius 2 is 1.76 bits per heavy atom. The maximum Gasteiger partial charge on any atom is 0.168 e. The minimum absolute atomic E-state index is 0.125. The highest BCUT2D eigenvalue weighted by molar-refractivity contribution is 7.80. The van der Waals surface area contributed by atoms with E-state index in [2.05, 4.69) is 49.5 Å². The molecule has 110 valence electrons. The highest BCUT2D eigenvalue weighted by atomic mass is 32.1. The lowest BCUT2D eigenvalue weighted by Crippen LogP contribution is -2.22. The van der Waals surface area contributed by atoms with E-state index in [9.17, 15) is 0 Å². The number of nitrogens with two attached hydrogens (primary N) is 1. The van der Waals surface area contributed by atoms with Crippen molar-refractivity contribution < 1.29 is 4.74 Å². The second-order valence-corrected chi connectivity index (χ2v) is 5.84. The molecule has 2 aromatic carbocycles. The van der Waals surface area contributed by atoms with Crippen molar-refractivity contribution >= 4 is 23.0 Å². The Labute approximate surface area is 131 Å². The Bertz CT molecular complexity index is 638. The zero-order valence-corrected chi connectivity index (χ0v) is 13.3. The van der Waals surface area contributed by atoms with Gasteiger partial charge in [0.1, 0.15) is 5.75 Å². The van der Waals surface area contributed by atoms with Crippen LogP contribution in [-0.4, -0.2) is 12.2 Å². The van der Waals surface area contributed by atoms with Crippen LogP contribution in [0, 0.1) is 0 Å². The molecule has 2 aromatic rings. The summed E-state index contributed by atoms with van der Waals surface area (Å²) in [7, 11) is 1.63. The summed E-state index contributed by atoms with van der Waals surface area (Å²) < 4.78 is 5.34. The fourth-order valence-electron chi connectivity index (χ4n) is 2.35. The molecule has 0 unspecified atom stereocenters. The Balaban J connectivity index is 2.46. The number of thiocarbonyl (C=S) groups is 1. The molecule has 0 heterocycles. The molecule has 3 nitrogen and oxygen atoms in total. The number of hydrogen-bond acceptors (Lipinski definition) is 2. The maximum atomic E-state index is 5.58. The van der Waals surface area contributed by atoms with E-state index >= 15 is 0 Å². The largest absolute Gasteiger partial charge is 0.495 e. The van der Waals surface area contributed by atoms with Crippen LogP contribution in [0.2, 0.25) is 0 Å². The van der Waals surface area contributed by atoms with Gasteiger partial charge in [0.25, 0.3) is 0 Å². The van der Waals surface area contributed by atoms with Crippen molar-refractivity contribution in [3.63, 3.8) is 0 Å². The zero-order valence-electron chi connectivity index (χ0n) is 12.5. The van der Waals surface area contributed by atoms with Crippen molar-refractivity contribution in [3.8, 4) is 5.75 Å². The molecule has 0 aliphatic rings. The minimum Gasteiger partial charge on any atom is -0.495 e. The average Bonchev–Trinajstić information content (AvgIpc) is 2.47. The molecule has 0 radical (unpaired) electrons. The van der Waals surface area contributed by atoms with E-state index in [-0.39, 0.29) is 10.5 Å². The fraction of sp³-hybridized carbons (Fsp3) is 0.235. The lowest BCUT2D eigenvalue weighted by atomic mass is 9.78. The maximum absolute atomic E-state index is 5.58. The highest BCUT2D eigenvalue weighted by Gasteiger charge is 2.24. The van der Waals surface area contributed by atoms with Gasteiger partial charge in [0, 0.05) is 5.41 Å². The fourth-order valence-corrected chi connectivity index (χ4v) is 2.46. The second-order valence-electron chi connectivity index (χ2n) is 5.40. The van der Waals surface area contributed by atoms with Crippen LogP contribution in [0.4, 0.5) is 5.69 Å². The average molecular weight is 300 g/mol. The van der Waals surface area contributed by atoms with Crippen molar-refractivity contribution in [1.82, 2.24) is 0 Å². The van der Waals surface area contributed by atoms with Gasteiger partial charge in [0.05, 0.1) is 12.8 Å². The first-order chi connectivity index (χ1) is 9.95. The van der Waals surface area contributed by atoms with Crippen molar-refractivity contribution in [3.05, 3.63) is 59.7 Å². The Morgan fingerprint density at radius 1 is 1.10 bits per heavy atom. The van der Waals surface area contributed by atoms with E-state index in [0.717, 1.165) is 17.0 Å². The molecule has 0 saturated carbocycles. The van der Waals surface area contributed by atoms with E-state index < -0.39 is 0 Å². The van der Waals surface area contributed by atoms with E-state index in [4.69, 9.17) is 22.7 Å². The molecule has 0 amide bonds. The first kappa shape index (κ1) is 15.3.